The van der Waals surface area contributed by atoms with Gasteiger partial charge in [-0.05, 0) is 13.8 Å². The van der Waals surface area contributed by atoms with Crippen molar-refractivity contribution < 1.29 is 9.53 Å². The Morgan fingerprint density at radius 3 is 2.93 bits per heavy atom. The van der Waals surface area contributed by atoms with Gasteiger partial charge in [0.25, 0.3) is 0 Å². The monoisotopic (exact) mass is 230 g/mol. The molecule has 0 aliphatic carbocycles. The molecule has 15 heavy (non-hydrogen) atoms. The van der Waals surface area contributed by atoms with E-state index in [-0.39, 0.29) is 5.78 Å². The number of ether oxygens (including phenoxy) is 1. The smallest absolute Gasteiger partial charge is 0.184 e. The predicted octanol–water partition coefficient (Wildman–Crippen LogP) is 2.17. The maximum absolute atomic E-state index is 11.8. The summed E-state index contributed by atoms with van der Waals surface area (Å²) in [5, 5.41) is 4.42. The molecular formula is C10H15ClN2O2. The number of aryl methyl sites for hydroxylation is 1. The summed E-state index contributed by atoms with van der Waals surface area (Å²) in [7, 11) is 0. The van der Waals surface area contributed by atoms with Crippen molar-refractivity contribution in [3.05, 3.63) is 16.9 Å². The van der Waals surface area contributed by atoms with Gasteiger partial charge in [0.2, 0.25) is 0 Å². The number of carbonyl (C=O) groups excluding carboxylic acids is 1. The maximum Gasteiger partial charge on any atom is 0.184 e. The summed E-state index contributed by atoms with van der Waals surface area (Å²) in [4.78, 5) is 11.8. The van der Waals surface area contributed by atoms with E-state index in [1.54, 1.807) is 4.68 Å². The molecule has 4 nitrogen and oxygen atoms in total. The largest absolute Gasteiger partial charge is 0.381 e. The van der Waals surface area contributed by atoms with Gasteiger partial charge in [-0.15, -0.1) is 0 Å². The van der Waals surface area contributed by atoms with Crippen LogP contribution in [0.5, 0.6) is 0 Å². The first-order chi connectivity index (χ1) is 7.20. The number of halogens is 1. The first-order valence-corrected chi connectivity index (χ1v) is 5.40. The summed E-state index contributed by atoms with van der Waals surface area (Å²) in [6.45, 7) is 5.51. The van der Waals surface area contributed by atoms with Crippen LogP contribution in [0.4, 0.5) is 0 Å². The summed E-state index contributed by atoms with van der Waals surface area (Å²) in [6, 6.07) is 0. The number of Topliss-reactive ketones (excluding diaryl/α,β-unsaturated/α-hetero) is 1. The maximum atomic E-state index is 11.8. The average Bonchev–Trinajstić information content (AvgIpc) is 2.59. The second-order valence-electron chi connectivity index (χ2n) is 3.03. The van der Waals surface area contributed by atoms with Crippen LogP contribution >= 0.6 is 11.6 Å². The van der Waals surface area contributed by atoms with E-state index in [0.717, 1.165) is 0 Å². The van der Waals surface area contributed by atoms with Crippen LogP contribution in [-0.4, -0.2) is 28.8 Å². The molecule has 1 aromatic rings. The molecule has 0 saturated heterocycles. The van der Waals surface area contributed by atoms with Crippen molar-refractivity contribution in [2.75, 3.05) is 13.2 Å². The highest BCUT2D eigenvalue weighted by atomic mass is 35.5. The normalized spacial score (nSPS) is 10.6. The lowest BCUT2D eigenvalue weighted by Gasteiger charge is -2.04. The van der Waals surface area contributed by atoms with Gasteiger partial charge in [0.15, 0.2) is 5.78 Å². The summed E-state index contributed by atoms with van der Waals surface area (Å²) in [6.07, 6.45) is 1.85. The molecule has 1 aromatic heterocycles. The van der Waals surface area contributed by atoms with Crippen LogP contribution in [0.2, 0.25) is 5.02 Å². The van der Waals surface area contributed by atoms with Crippen molar-refractivity contribution in [3.8, 4) is 0 Å². The zero-order chi connectivity index (χ0) is 11.3. The third-order valence-corrected chi connectivity index (χ3v) is 2.31. The second-order valence-corrected chi connectivity index (χ2v) is 3.43. The number of carbonyl (C=O) groups is 1. The molecule has 0 atom stereocenters. The van der Waals surface area contributed by atoms with Gasteiger partial charge in [0.1, 0.15) is 5.69 Å². The summed E-state index contributed by atoms with van der Waals surface area (Å²) in [5.41, 5.74) is 0.485. The molecule has 0 radical (unpaired) electrons. The first-order valence-electron chi connectivity index (χ1n) is 5.02. The van der Waals surface area contributed by atoms with Crippen molar-refractivity contribution in [2.24, 2.45) is 0 Å². The van der Waals surface area contributed by atoms with Gasteiger partial charge in [-0.3, -0.25) is 9.48 Å². The Bertz CT molecular complexity index is 336. The van der Waals surface area contributed by atoms with Crippen LogP contribution in [0.3, 0.4) is 0 Å². The van der Waals surface area contributed by atoms with E-state index in [0.29, 0.717) is 36.9 Å². The van der Waals surface area contributed by atoms with E-state index in [1.807, 2.05) is 13.8 Å². The van der Waals surface area contributed by atoms with Crippen LogP contribution in [0.1, 0.15) is 30.8 Å². The third kappa shape index (κ3) is 3.04. The molecule has 0 amide bonds. The standard InChI is InChI=1S/C10H15ClN2O2/c1-3-13-10(8(11)7-12-13)9(14)5-6-15-4-2/h7H,3-6H2,1-2H3. The van der Waals surface area contributed by atoms with Gasteiger partial charge in [-0.25, -0.2) is 0 Å². The SMILES string of the molecule is CCOCCC(=O)c1c(Cl)cnn1CC. The van der Waals surface area contributed by atoms with Crippen LogP contribution in [-0.2, 0) is 11.3 Å². The lowest BCUT2D eigenvalue weighted by atomic mass is 10.2. The minimum absolute atomic E-state index is 0.0206. The van der Waals surface area contributed by atoms with Gasteiger partial charge < -0.3 is 4.74 Å². The molecule has 0 saturated carbocycles. The minimum atomic E-state index is -0.0206. The zero-order valence-electron chi connectivity index (χ0n) is 8.99. The van der Waals surface area contributed by atoms with Crippen molar-refractivity contribution in [2.45, 2.75) is 26.8 Å². The highest BCUT2D eigenvalue weighted by Gasteiger charge is 2.15. The van der Waals surface area contributed by atoms with E-state index in [1.165, 1.54) is 6.20 Å². The van der Waals surface area contributed by atoms with Crippen LogP contribution in [0, 0.1) is 0 Å². The van der Waals surface area contributed by atoms with Gasteiger partial charge >= 0.3 is 0 Å². The van der Waals surface area contributed by atoms with Crippen molar-refractivity contribution in [1.82, 2.24) is 9.78 Å². The Balaban J connectivity index is 2.67. The van der Waals surface area contributed by atoms with Crippen LogP contribution in [0.15, 0.2) is 6.20 Å². The van der Waals surface area contributed by atoms with E-state index < -0.39 is 0 Å². The average molecular weight is 231 g/mol. The Morgan fingerprint density at radius 2 is 2.33 bits per heavy atom. The number of aromatic nitrogens is 2. The molecule has 0 spiro atoms. The molecule has 1 rings (SSSR count). The number of rotatable bonds is 6. The zero-order valence-corrected chi connectivity index (χ0v) is 9.75. The Morgan fingerprint density at radius 1 is 1.60 bits per heavy atom. The Hall–Kier alpha value is -0.870. The minimum Gasteiger partial charge on any atom is -0.381 e. The molecule has 0 unspecified atom stereocenters. The van der Waals surface area contributed by atoms with E-state index >= 15 is 0 Å². The van der Waals surface area contributed by atoms with Gasteiger partial charge in [-0.1, -0.05) is 11.6 Å². The molecule has 0 fully saturated rings. The Labute approximate surface area is 94.2 Å². The number of ketones is 1. The van der Waals surface area contributed by atoms with Crippen LogP contribution < -0.4 is 0 Å². The molecule has 0 aliphatic heterocycles. The van der Waals surface area contributed by atoms with E-state index in [4.69, 9.17) is 16.3 Å². The fourth-order valence-corrected chi connectivity index (χ4v) is 1.55. The van der Waals surface area contributed by atoms with Crippen molar-refractivity contribution in [1.29, 1.82) is 0 Å². The third-order valence-electron chi connectivity index (χ3n) is 2.04. The highest BCUT2D eigenvalue weighted by molar-refractivity contribution is 6.33. The lowest BCUT2D eigenvalue weighted by Crippen LogP contribution is -2.12. The molecule has 0 aliphatic rings. The van der Waals surface area contributed by atoms with E-state index in [2.05, 4.69) is 5.10 Å². The Kier molecular flexibility index (Phi) is 4.78. The molecule has 1 heterocycles. The number of nitrogens with zero attached hydrogens (tertiary/aromatic N) is 2. The quantitative estimate of drug-likeness (QED) is 0.556. The fraction of sp³-hybridized carbons (Fsp3) is 0.600. The van der Waals surface area contributed by atoms with Gasteiger partial charge in [-0.2, -0.15) is 5.10 Å². The molecule has 0 aromatic carbocycles. The summed E-state index contributed by atoms with van der Waals surface area (Å²) in [5.74, 6) is -0.0206. The van der Waals surface area contributed by atoms with Gasteiger partial charge in [0.05, 0.1) is 17.8 Å². The molecule has 0 bridgehead atoms. The molecular weight excluding hydrogens is 216 g/mol. The molecule has 5 heteroatoms. The van der Waals surface area contributed by atoms with Gasteiger partial charge in [0, 0.05) is 19.6 Å². The molecule has 0 N–H and O–H groups in total. The fourth-order valence-electron chi connectivity index (χ4n) is 1.31. The summed E-state index contributed by atoms with van der Waals surface area (Å²) < 4.78 is 6.73. The highest BCUT2D eigenvalue weighted by Crippen LogP contribution is 2.16. The van der Waals surface area contributed by atoms with Crippen LogP contribution in [0.25, 0.3) is 0 Å². The van der Waals surface area contributed by atoms with E-state index in [9.17, 15) is 4.79 Å². The molecule has 84 valence electrons. The van der Waals surface area contributed by atoms with Crippen molar-refractivity contribution >= 4 is 17.4 Å². The second kappa shape index (κ2) is 5.88. The predicted molar refractivity (Wildman–Crippen MR) is 58.4 cm³/mol. The topological polar surface area (TPSA) is 44.1 Å². The van der Waals surface area contributed by atoms with Crippen molar-refractivity contribution in [3.63, 3.8) is 0 Å². The number of hydrogen-bond acceptors (Lipinski definition) is 3. The first kappa shape index (κ1) is 12.2. The summed E-state index contributed by atoms with van der Waals surface area (Å²) >= 11 is 5.89. The number of hydrogen-bond donors (Lipinski definition) is 0. The lowest BCUT2D eigenvalue weighted by molar-refractivity contribution is 0.0886.